The van der Waals surface area contributed by atoms with Gasteiger partial charge in [-0.2, -0.15) is 0 Å². The van der Waals surface area contributed by atoms with Gasteiger partial charge in [-0.05, 0) is 47.5 Å². The Labute approximate surface area is 111 Å². The van der Waals surface area contributed by atoms with E-state index in [1.54, 1.807) is 0 Å². The molecule has 1 unspecified atom stereocenters. The maximum atomic E-state index is 12.3. The highest BCUT2D eigenvalue weighted by Gasteiger charge is 2.57. The summed E-state index contributed by atoms with van der Waals surface area (Å²) >= 11 is 0. The van der Waals surface area contributed by atoms with Crippen molar-refractivity contribution in [2.24, 2.45) is 0 Å². The van der Waals surface area contributed by atoms with Crippen LogP contribution in [0.3, 0.4) is 0 Å². The van der Waals surface area contributed by atoms with Crippen molar-refractivity contribution >= 4 is 5.91 Å². The summed E-state index contributed by atoms with van der Waals surface area (Å²) in [6.45, 7) is 12.8. The highest BCUT2D eigenvalue weighted by molar-refractivity contribution is 5.91. The van der Waals surface area contributed by atoms with Gasteiger partial charge in [-0.3, -0.25) is 15.0 Å². The van der Waals surface area contributed by atoms with Crippen LogP contribution >= 0.6 is 0 Å². The number of amides is 1. The fraction of sp³-hybridized carbons (Fsp3) is 0.929. The Kier molecular flexibility index (Phi) is 3.70. The molecule has 0 bridgehead atoms. The zero-order valence-corrected chi connectivity index (χ0v) is 12.4. The van der Waals surface area contributed by atoms with Crippen molar-refractivity contribution in [3.63, 3.8) is 0 Å². The summed E-state index contributed by atoms with van der Waals surface area (Å²) < 4.78 is 0. The fourth-order valence-electron chi connectivity index (χ4n) is 3.10. The third-order valence-electron chi connectivity index (χ3n) is 4.30. The van der Waals surface area contributed by atoms with Gasteiger partial charge in [0.25, 0.3) is 0 Å². The molecule has 1 saturated carbocycles. The summed E-state index contributed by atoms with van der Waals surface area (Å²) in [6.07, 6.45) is 2.23. The molecule has 2 rings (SSSR count). The topological polar surface area (TPSA) is 35.6 Å². The molecule has 0 aromatic rings. The molecule has 2 aliphatic rings. The van der Waals surface area contributed by atoms with Gasteiger partial charge < -0.3 is 4.90 Å². The SMILES string of the molecule is CC1NC2(CC2)C(=O)N1CCN(C(C)C)C(C)C. The number of hydrogen-bond donors (Lipinski definition) is 1. The number of nitrogens with one attached hydrogen (secondary N) is 1. The van der Waals surface area contributed by atoms with Gasteiger partial charge in [-0.1, -0.05) is 0 Å². The lowest BCUT2D eigenvalue weighted by Crippen LogP contribution is -2.45. The second-order valence-electron chi connectivity index (χ2n) is 6.33. The van der Waals surface area contributed by atoms with Crippen molar-refractivity contribution in [2.75, 3.05) is 13.1 Å². The molecule has 18 heavy (non-hydrogen) atoms. The molecule has 1 N–H and O–H groups in total. The van der Waals surface area contributed by atoms with Crippen LogP contribution in [0.2, 0.25) is 0 Å². The van der Waals surface area contributed by atoms with Gasteiger partial charge in [0.15, 0.2) is 0 Å². The molecular formula is C14H27N3O. The maximum Gasteiger partial charge on any atom is 0.244 e. The van der Waals surface area contributed by atoms with Gasteiger partial charge in [0, 0.05) is 25.2 Å². The molecule has 0 aromatic heterocycles. The lowest BCUT2D eigenvalue weighted by molar-refractivity contribution is -0.130. The fourth-order valence-corrected chi connectivity index (χ4v) is 3.10. The zero-order chi connectivity index (χ0) is 13.5. The number of hydrogen-bond acceptors (Lipinski definition) is 3. The van der Waals surface area contributed by atoms with E-state index in [9.17, 15) is 4.79 Å². The van der Waals surface area contributed by atoms with Crippen LogP contribution in [0.4, 0.5) is 0 Å². The Bertz CT molecular complexity index is 315. The van der Waals surface area contributed by atoms with E-state index < -0.39 is 0 Å². The molecule has 4 nitrogen and oxygen atoms in total. The Morgan fingerprint density at radius 1 is 1.33 bits per heavy atom. The number of rotatable bonds is 5. The summed E-state index contributed by atoms with van der Waals surface area (Å²) in [7, 11) is 0. The van der Waals surface area contributed by atoms with Crippen molar-refractivity contribution in [3.05, 3.63) is 0 Å². The van der Waals surface area contributed by atoms with Gasteiger partial charge in [0.05, 0.1) is 11.7 Å². The van der Waals surface area contributed by atoms with E-state index >= 15 is 0 Å². The first kappa shape index (κ1) is 13.8. The second kappa shape index (κ2) is 4.82. The van der Waals surface area contributed by atoms with E-state index in [0.717, 1.165) is 25.9 Å². The Morgan fingerprint density at radius 2 is 1.89 bits per heavy atom. The summed E-state index contributed by atoms with van der Waals surface area (Å²) in [5.74, 6) is 0.322. The van der Waals surface area contributed by atoms with Crippen LogP contribution < -0.4 is 5.32 Å². The molecule has 2 fully saturated rings. The highest BCUT2D eigenvalue weighted by atomic mass is 16.2. The van der Waals surface area contributed by atoms with Crippen molar-refractivity contribution in [1.82, 2.24) is 15.1 Å². The monoisotopic (exact) mass is 253 g/mol. The van der Waals surface area contributed by atoms with E-state index in [0.29, 0.717) is 18.0 Å². The quantitative estimate of drug-likeness (QED) is 0.805. The molecular weight excluding hydrogens is 226 g/mol. The summed E-state index contributed by atoms with van der Waals surface area (Å²) in [6, 6.07) is 1.06. The third-order valence-corrected chi connectivity index (χ3v) is 4.30. The molecule has 1 spiro atoms. The molecule has 0 radical (unpaired) electrons. The molecule has 1 saturated heterocycles. The third kappa shape index (κ3) is 2.41. The number of nitrogens with zero attached hydrogens (tertiary/aromatic N) is 2. The maximum absolute atomic E-state index is 12.3. The van der Waals surface area contributed by atoms with Gasteiger partial charge in [0.2, 0.25) is 5.91 Å². The molecule has 1 amide bonds. The lowest BCUT2D eigenvalue weighted by Gasteiger charge is -2.33. The van der Waals surface area contributed by atoms with Crippen molar-refractivity contribution < 1.29 is 4.79 Å². The standard InChI is InChI=1S/C14H27N3O/c1-10(2)16(11(3)4)8-9-17-12(5)15-14(6-7-14)13(17)18/h10-12,15H,6-9H2,1-5H3. The minimum Gasteiger partial charge on any atom is -0.325 e. The van der Waals surface area contributed by atoms with E-state index in [4.69, 9.17) is 0 Å². The van der Waals surface area contributed by atoms with Crippen LogP contribution in [0, 0.1) is 0 Å². The Hall–Kier alpha value is -0.610. The Morgan fingerprint density at radius 3 is 2.28 bits per heavy atom. The lowest BCUT2D eigenvalue weighted by atomic mass is 10.2. The molecule has 1 heterocycles. The van der Waals surface area contributed by atoms with E-state index in [1.165, 1.54) is 0 Å². The van der Waals surface area contributed by atoms with Gasteiger partial charge in [0.1, 0.15) is 0 Å². The van der Waals surface area contributed by atoms with E-state index in [2.05, 4.69) is 44.8 Å². The summed E-state index contributed by atoms with van der Waals surface area (Å²) in [5.41, 5.74) is -0.167. The van der Waals surface area contributed by atoms with E-state index in [1.807, 2.05) is 4.90 Å². The summed E-state index contributed by atoms with van der Waals surface area (Å²) in [5, 5.41) is 3.44. The first-order chi connectivity index (χ1) is 8.37. The highest BCUT2D eigenvalue weighted by Crippen LogP contribution is 2.41. The van der Waals surface area contributed by atoms with Gasteiger partial charge in [-0.25, -0.2) is 0 Å². The van der Waals surface area contributed by atoms with Crippen molar-refractivity contribution in [1.29, 1.82) is 0 Å². The largest absolute Gasteiger partial charge is 0.325 e. The Balaban J connectivity index is 1.91. The molecule has 104 valence electrons. The van der Waals surface area contributed by atoms with Crippen LogP contribution in [0.5, 0.6) is 0 Å². The molecule has 4 heteroatoms. The van der Waals surface area contributed by atoms with Crippen LogP contribution in [0.15, 0.2) is 0 Å². The predicted molar refractivity (Wildman–Crippen MR) is 73.3 cm³/mol. The summed E-state index contributed by atoms with van der Waals surface area (Å²) in [4.78, 5) is 16.8. The van der Waals surface area contributed by atoms with Crippen LogP contribution in [-0.4, -0.2) is 52.6 Å². The molecule has 0 aromatic carbocycles. The molecule has 1 atom stereocenters. The zero-order valence-electron chi connectivity index (χ0n) is 12.4. The average molecular weight is 253 g/mol. The molecule has 1 aliphatic carbocycles. The van der Waals surface area contributed by atoms with Crippen molar-refractivity contribution in [3.8, 4) is 0 Å². The minimum atomic E-state index is -0.167. The second-order valence-corrected chi connectivity index (χ2v) is 6.33. The van der Waals surface area contributed by atoms with Crippen molar-refractivity contribution in [2.45, 2.75) is 71.2 Å². The normalized spacial score (nSPS) is 26.1. The first-order valence-electron chi connectivity index (χ1n) is 7.22. The van der Waals surface area contributed by atoms with E-state index in [-0.39, 0.29) is 11.7 Å². The minimum absolute atomic E-state index is 0.167. The van der Waals surface area contributed by atoms with Gasteiger partial charge in [-0.15, -0.1) is 0 Å². The molecule has 1 aliphatic heterocycles. The first-order valence-corrected chi connectivity index (χ1v) is 7.22. The average Bonchev–Trinajstić information content (AvgIpc) is 2.98. The van der Waals surface area contributed by atoms with Crippen LogP contribution in [0.25, 0.3) is 0 Å². The smallest absolute Gasteiger partial charge is 0.244 e. The number of carbonyl (C=O) groups excluding carboxylic acids is 1. The van der Waals surface area contributed by atoms with Crippen LogP contribution in [0.1, 0.15) is 47.5 Å². The predicted octanol–water partition coefficient (Wildman–Crippen LogP) is 1.42. The van der Waals surface area contributed by atoms with Crippen LogP contribution in [-0.2, 0) is 4.79 Å². The van der Waals surface area contributed by atoms with Gasteiger partial charge >= 0.3 is 0 Å². The number of carbonyl (C=O) groups is 1.